The summed E-state index contributed by atoms with van der Waals surface area (Å²) in [6.45, 7) is 3.87. The van der Waals surface area contributed by atoms with E-state index in [0.29, 0.717) is 24.5 Å². The number of alkyl halides is 3. The zero-order valence-corrected chi connectivity index (χ0v) is 22.6. The molecule has 0 aliphatic rings. The van der Waals surface area contributed by atoms with Gasteiger partial charge in [-0.15, -0.1) is 0 Å². The van der Waals surface area contributed by atoms with Crippen LogP contribution >= 0.6 is 11.6 Å². The summed E-state index contributed by atoms with van der Waals surface area (Å²) in [5.74, 6) is 0.264. The van der Waals surface area contributed by atoms with Gasteiger partial charge in [-0.3, -0.25) is 4.68 Å². The third kappa shape index (κ3) is 6.57. The maximum absolute atomic E-state index is 14.3. The molecule has 4 aromatic rings. The van der Waals surface area contributed by atoms with Crippen LogP contribution in [0.2, 0.25) is 5.02 Å². The van der Waals surface area contributed by atoms with Crippen molar-refractivity contribution in [1.82, 2.24) is 29.8 Å². The molecule has 0 saturated heterocycles. The molecule has 0 unspecified atom stereocenters. The standard InChI is InChI=1S/C26H28ClF3N6O3/c1-25(2,37)9-12-36-23(26(28,29)30)17(15-33-36)22-19(24-31-10-6-11-32-24)21(34-39-22)16-7-5-8-18(20(16)27)38-14-13-35(3)4/h5-8,10-11,15,37H,9,12-14H2,1-4H3. The molecule has 9 nitrogen and oxygen atoms in total. The van der Waals surface area contributed by atoms with Crippen LogP contribution in [0, 0.1) is 0 Å². The molecule has 0 aliphatic carbocycles. The van der Waals surface area contributed by atoms with Crippen molar-refractivity contribution in [3.63, 3.8) is 0 Å². The van der Waals surface area contributed by atoms with Gasteiger partial charge >= 0.3 is 6.18 Å². The highest BCUT2D eigenvalue weighted by Gasteiger charge is 2.41. The van der Waals surface area contributed by atoms with E-state index >= 15 is 0 Å². The lowest BCUT2D eigenvalue weighted by Gasteiger charge is -2.18. The van der Waals surface area contributed by atoms with Crippen LogP contribution in [0.25, 0.3) is 34.0 Å². The van der Waals surface area contributed by atoms with Crippen molar-refractivity contribution in [2.75, 3.05) is 27.2 Å². The first-order chi connectivity index (χ1) is 18.4. The third-order valence-corrected chi connectivity index (χ3v) is 6.17. The van der Waals surface area contributed by atoms with E-state index in [9.17, 15) is 18.3 Å². The van der Waals surface area contributed by atoms with Gasteiger partial charge in [-0.25, -0.2) is 9.97 Å². The summed E-state index contributed by atoms with van der Waals surface area (Å²) in [7, 11) is 3.82. The highest BCUT2D eigenvalue weighted by Crippen LogP contribution is 2.46. The van der Waals surface area contributed by atoms with Crippen molar-refractivity contribution < 1.29 is 27.5 Å². The Labute approximate surface area is 228 Å². The summed E-state index contributed by atoms with van der Waals surface area (Å²) < 4.78 is 55.2. The van der Waals surface area contributed by atoms with E-state index in [1.165, 1.54) is 26.2 Å². The Morgan fingerprint density at radius 1 is 1.10 bits per heavy atom. The van der Waals surface area contributed by atoms with E-state index in [0.717, 1.165) is 10.9 Å². The topological polar surface area (TPSA) is 102 Å². The van der Waals surface area contributed by atoms with Gasteiger partial charge in [0, 0.05) is 31.0 Å². The van der Waals surface area contributed by atoms with Gasteiger partial charge in [0.2, 0.25) is 0 Å². The Balaban J connectivity index is 1.87. The number of hydrogen-bond donors (Lipinski definition) is 1. The molecule has 39 heavy (non-hydrogen) atoms. The number of aromatic nitrogens is 5. The summed E-state index contributed by atoms with van der Waals surface area (Å²) in [6, 6.07) is 6.63. The molecule has 0 saturated carbocycles. The first-order valence-corrected chi connectivity index (χ1v) is 12.4. The number of halogens is 4. The molecule has 0 bridgehead atoms. The van der Waals surface area contributed by atoms with Crippen LogP contribution in [0.4, 0.5) is 13.2 Å². The number of hydrogen-bond acceptors (Lipinski definition) is 8. The minimum atomic E-state index is -4.79. The zero-order chi connectivity index (χ0) is 28.4. The van der Waals surface area contributed by atoms with Gasteiger partial charge in [0.25, 0.3) is 0 Å². The monoisotopic (exact) mass is 564 g/mol. The van der Waals surface area contributed by atoms with E-state index in [1.54, 1.807) is 24.3 Å². The van der Waals surface area contributed by atoms with Crippen LogP contribution in [0.15, 0.2) is 47.4 Å². The summed E-state index contributed by atoms with van der Waals surface area (Å²) >= 11 is 6.68. The molecule has 0 fully saturated rings. The van der Waals surface area contributed by atoms with Crippen molar-refractivity contribution in [2.45, 2.75) is 38.6 Å². The van der Waals surface area contributed by atoms with Crippen LogP contribution in [-0.4, -0.2) is 67.8 Å². The second kappa shape index (κ2) is 11.3. The SMILES string of the molecule is CN(C)CCOc1cccc(-c2noc(-c3cnn(CCC(C)(C)O)c3C(F)(F)F)c2-c2ncccn2)c1Cl. The Morgan fingerprint density at radius 3 is 2.46 bits per heavy atom. The molecule has 4 rings (SSSR count). The lowest BCUT2D eigenvalue weighted by Crippen LogP contribution is -2.24. The van der Waals surface area contributed by atoms with E-state index in [4.69, 9.17) is 20.9 Å². The second-order valence-electron chi connectivity index (χ2n) is 9.77. The quantitative estimate of drug-likeness (QED) is 0.272. The average molecular weight is 565 g/mol. The summed E-state index contributed by atoms with van der Waals surface area (Å²) in [5.41, 5.74) is -1.92. The highest BCUT2D eigenvalue weighted by atomic mass is 35.5. The third-order valence-electron chi connectivity index (χ3n) is 5.78. The predicted molar refractivity (Wildman–Crippen MR) is 139 cm³/mol. The molecule has 1 N–H and O–H groups in total. The first kappa shape index (κ1) is 28.5. The van der Waals surface area contributed by atoms with E-state index < -0.39 is 17.5 Å². The van der Waals surface area contributed by atoms with Crippen molar-refractivity contribution in [3.8, 4) is 39.7 Å². The molecule has 3 heterocycles. The summed E-state index contributed by atoms with van der Waals surface area (Å²) in [6.07, 6.45) is -0.757. The Bertz CT molecular complexity index is 1410. The smallest absolute Gasteiger partial charge is 0.433 e. The van der Waals surface area contributed by atoms with Gasteiger partial charge in [0.05, 0.1) is 27.9 Å². The Morgan fingerprint density at radius 2 is 1.82 bits per heavy atom. The number of aryl methyl sites for hydroxylation is 1. The van der Waals surface area contributed by atoms with Gasteiger partial charge in [0.15, 0.2) is 17.3 Å². The second-order valence-corrected chi connectivity index (χ2v) is 10.1. The predicted octanol–water partition coefficient (Wildman–Crippen LogP) is 5.44. The lowest BCUT2D eigenvalue weighted by atomic mass is 10.0. The largest absolute Gasteiger partial charge is 0.491 e. The fourth-order valence-electron chi connectivity index (χ4n) is 3.84. The molecular weight excluding hydrogens is 537 g/mol. The molecule has 0 aliphatic heterocycles. The molecule has 1 aromatic carbocycles. The van der Waals surface area contributed by atoms with E-state index in [-0.39, 0.29) is 46.4 Å². The van der Waals surface area contributed by atoms with Crippen LogP contribution < -0.4 is 4.74 Å². The molecule has 13 heteroatoms. The summed E-state index contributed by atoms with van der Waals surface area (Å²) in [4.78, 5) is 10.4. The maximum Gasteiger partial charge on any atom is 0.433 e. The van der Waals surface area contributed by atoms with Crippen LogP contribution in [0.5, 0.6) is 5.75 Å². The molecule has 0 radical (unpaired) electrons. The minimum Gasteiger partial charge on any atom is -0.491 e. The van der Waals surface area contributed by atoms with Gasteiger partial charge in [-0.2, -0.15) is 18.3 Å². The molecule has 0 atom stereocenters. The normalized spacial score (nSPS) is 12.4. The van der Waals surface area contributed by atoms with Crippen molar-refractivity contribution in [3.05, 3.63) is 53.6 Å². The number of likely N-dealkylation sites (N-methyl/N-ethyl adjacent to an activating group) is 1. The molecule has 208 valence electrons. The van der Waals surface area contributed by atoms with Crippen LogP contribution in [0.3, 0.4) is 0 Å². The van der Waals surface area contributed by atoms with E-state index in [1.807, 2.05) is 19.0 Å². The molecular formula is C26H28ClF3N6O3. The Hall–Kier alpha value is -3.48. The molecule has 0 amide bonds. The first-order valence-electron chi connectivity index (χ1n) is 12.1. The fourth-order valence-corrected chi connectivity index (χ4v) is 4.11. The van der Waals surface area contributed by atoms with Gasteiger partial charge < -0.3 is 19.3 Å². The number of benzene rings is 1. The van der Waals surface area contributed by atoms with Crippen molar-refractivity contribution in [2.24, 2.45) is 0 Å². The minimum absolute atomic E-state index is 0.0454. The lowest BCUT2D eigenvalue weighted by molar-refractivity contribution is -0.144. The van der Waals surface area contributed by atoms with Crippen LogP contribution in [-0.2, 0) is 12.7 Å². The van der Waals surface area contributed by atoms with Gasteiger partial charge in [-0.1, -0.05) is 28.9 Å². The van der Waals surface area contributed by atoms with Crippen LogP contribution in [0.1, 0.15) is 26.0 Å². The number of rotatable bonds is 10. The molecule has 3 aromatic heterocycles. The zero-order valence-electron chi connectivity index (χ0n) is 21.8. The number of aliphatic hydroxyl groups is 1. The van der Waals surface area contributed by atoms with E-state index in [2.05, 4.69) is 20.2 Å². The average Bonchev–Trinajstić information content (AvgIpc) is 3.48. The Kier molecular flexibility index (Phi) is 8.28. The highest BCUT2D eigenvalue weighted by molar-refractivity contribution is 6.35. The fraction of sp³-hybridized carbons (Fsp3) is 0.385. The van der Waals surface area contributed by atoms with Gasteiger partial charge in [-0.05, 0) is 46.5 Å². The maximum atomic E-state index is 14.3. The molecule has 0 spiro atoms. The van der Waals surface area contributed by atoms with Gasteiger partial charge in [0.1, 0.15) is 18.1 Å². The van der Waals surface area contributed by atoms with Crippen molar-refractivity contribution in [1.29, 1.82) is 0 Å². The summed E-state index contributed by atoms with van der Waals surface area (Å²) in [5, 5.41) is 18.4. The number of nitrogens with zero attached hydrogens (tertiary/aromatic N) is 6. The number of ether oxygens (including phenoxy) is 1. The van der Waals surface area contributed by atoms with Crippen molar-refractivity contribution >= 4 is 11.6 Å².